The molecule has 90 valence electrons. The summed E-state index contributed by atoms with van der Waals surface area (Å²) in [4.78, 5) is 0. The molecule has 0 N–H and O–H groups in total. The highest BCUT2D eigenvalue weighted by Crippen LogP contribution is 2.42. The fraction of sp³-hybridized carbons (Fsp3) is 0.333. The van der Waals surface area contributed by atoms with Crippen molar-refractivity contribution in [3.63, 3.8) is 0 Å². The molecule has 0 amide bonds. The molecular formula is C9H5ClF6. The maximum atomic E-state index is 12.3. The average molecular weight is 263 g/mol. The third kappa shape index (κ3) is 2.61. The maximum Gasteiger partial charge on any atom is 0.417 e. The van der Waals surface area contributed by atoms with E-state index in [4.69, 9.17) is 11.6 Å². The molecule has 0 saturated carbocycles. The molecule has 0 atom stereocenters. The molecule has 0 aliphatic carbocycles. The zero-order valence-electron chi connectivity index (χ0n) is 7.80. The van der Waals surface area contributed by atoms with Gasteiger partial charge in [-0.2, -0.15) is 26.3 Å². The predicted octanol–water partition coefficient (Wildman–Crippen LogP) is 4.69. The molecule has 1 rings (SSSR count). The average Bonchev–Trinajstić information content (AvgIpc) is 2.05. The minimum atomic E-state index is -5.08. The van der Waals surface area contributed by atoms with Gasteiger partial charge in [-0.3, -0.25) is 0 Å². The van der Waals surface area contributed by atoms with Gasteiger partial charge in [-0.25, -0.2) is 0 Å². The van der Waals surface area contributed by atoms with E-state index < -0.39 is 23.5 Å². The fourth-order valence-corrected chi connectivity index (χ4v) is 1.31. The highest BCUT2D eigenvalue weighted by atomic mass is 35.5. The van der Waals surface area contributed by atoms with Crippen molar-refractivity contribution in [2.45, 2.75) is 19.3 Å². The Hall–Kier alpha value is -0.910. The number of rotatable bonds is 0. The first-order valence-electron chi connectivity index (χ1n) is 3.98. The van der Waals surface area contributed by atoms with Crippen molar-refractivity contribution in [1.29, 1.82) is 0 Å². The van der Waals surface area contributed by atoms with E-state index in [9.17, 15) is 26.3 Å². The van der Waals surface area contributed by atoms with E-state index in [1.54, 1.807) is 0 Å². The SMILES string of the molecule is Cc1cc(C(F)(F)F)c(C(F)(F)F)cc1Cl. The molecule has 1 aromatic rings. The zero-order valence-corrected chi connectivity index (χ0v) is 8.56. The van der Waals surface area contributed by atoms with Crippen molar-refractivity contribution >= 4 is 11.6 Å². The molecule has 0 spiro atoms. The summed E-state index contributed by atoms with van der Waals surface area (Å²) in [7, 11) is 0. The third-order valence-electron chi connectivity index (χ3n) is 1.91. The first-order valence-corrected chi connectivity index (χ1v) is 4.36. The lowest BCUT2D eigenvalue weighted by Crippen LogP contribution is -2.16. The number of alkyl halides is 6. The van der Waals surface area contributed by atoms with Crippen LogP contribution in [0.25, 0.3) is 0 Å². The van der Waals surface area contributed by atoms with E-state index in [1.807, 2.05) is 0 Å². The van der Waals surface area contributed by atoms with E-state index >= 15 is 0 Å². The summed E-state index contributed by atoms with van der Waals surface area (Å²) in [6.45, 7) is 1.21. The van der Waals surface area contributed by atoms with E-state index in [2.05, 4.69) is 0 Å². The topological polar surface area (TPSA) is 0 Å². The van der Waals surface area contributed by atoms with Crippen LogP contribution in [0.3, 0.4) is 0 Å². The van der Waals surface area contributed by atoms with Gasteiger partial charge < -0.3 is 0 Å². The summed E-state index contributed by atoms with van der Waals surface area (Å²) < 4.78 is 74.0. The summed E-state index contributed by atoms with van der Waals surface area (Å²) in [5.41, 5.74) is -3.54. The highest BCUT2D eigenvalue weighted by molar-refractivity contribution is 6.31. The number of benzene rings is 1. The van der Waals surface area contributed by atoms with Crippen molar-refractivity contribution in [3.8, 4) is 0 Å². The van der Waals surface area contributed by atoms with Crippen molar-refractivity contribution < 1.29 is 26.3 Å². The highest BCUT2D eigenvalue weighted by Gasteiger charge is 2.43. The van der Waals surface area contributed by atoms with Gasteiger partial charge in [0.15, 0.2) is 0 Å². The molecule has 0 bridgehead atoms. The van der Waals surface area contributed by atoms with Crippen LogP contribution >= 0.6 is 11.6 Å². The Balaban J connectivity index is 3.53. The first-order chi connectivity index (χ1) is 7.03. The summed E-state index contributed by atoms with van der Waals surface area (Å²) in [5.74, 6) is 0. The number of aryl methyl sites for hydroxylation is 1. The number of halogens is 7. The van der Waals surface area contributed by atoms with Crippen molar-refractivity contribution in [1.82, 2.24) is 0 Å². The van der Waals surface area contributed by atoms with Crippen molar-refractivity contribution in [2.24, 2.45) is 0 Å². The van der Waals surface area contributed by atoms with Gasteiger partial charge in [-0.05, 0) is 24.6 Å². The second kappa shape index (κ2) is 3.84. The van der Waals surface area contributed by atoms with Gasteiger partial charge >= 0.3 is 12.4 Å². The summed E-state index contributed by atoms with van der Waals surface area (Å²) in [6, 6.07) is 0.685. The Morgan fingerprint density at radius 1 is 0.875 bits per heavy atom. The maximum absolute atomic E-state index is 12.3. The fourth-order valence-electron chi connectivity index (χ4n) is 1.15. The third-order valence-corrected chi connectivity index (χ3v) is 2.32. The van der Waals surface area contributed by atoms with E-state index in [-0.39, 0.29) is 10.6 Å². The molecule has 0 aliphatic heterocycles. The molecule has 1 aromatic carbocycles. The van der Waals surface area contributed by atoms with E-state index in [1.165, 1.54) is 6.92 Å². The van der Waals surface area contributed by atoms with Gasteiger partial charge in [0.05, 0.1) is 11.1 Å². The van der Waals surface area contributed by atoms with Crippen LogP contribution in [0.4, 0.5) is 26.3 Å². The van der Waals surface area contributed by atoms with Gasteiger partial charge in [0, 0.05) is 5.02 Å². The second-order valence-corrected chi connectivity index (χ2v) is 3.55. The van der Waals surface area contributed by atoms with Gasteiger partial charge in [-0.1, -0.05) is 11.6 Å². The number of hydrogen-bond acceptors (Lipinski definition) is 0. The largest absolute Gasteiger partial charge is 0.417 e. The molecule has 0 fully saturated rings. The lowest BCUT2D eigenvalue weighted by molar-refractivity contribution is -0.162. The van der Waals surface area contributed by atoms with Gasteiger partial charge in [0.25, 0.3) is 0 Å². The first kappa shape index (κ1) is 13.2. The van der Waals surface area contributed by atoms with E-state index in [0.717, 1.165) is 0 Å². The predicted molar refractivity (Wildman–Crippen MR) is 46.2 cm³/mol. The summed E-state index contributed by atoms with van der Waals surface area (Å²) >= 11 is 5.37. The normalized spacial score (nSPS) is 13.0. The van der Waals surface area contributed by atoms with E-state index in [0.29, 0.717) is 12.1 Å². The molecule has 7 heteroatoms. The lowest BCUT2D eigenvalue weighted by Gasteiger charge is -2.16. The Morgan fingerprint density at radius 2 is 1.25 bits per heavy atom. The van der Waals surface area contributed by atoms with Crippen molar-refractivity contribution in [3.05, 3.63) is 33.8 Å². The van der Waals surface area contributed by atoms with Gasteiger partial charge in [0.1, 0.15) is 0 Å². The minimum absolute atomic E-state index is 0.0537. The van der Waals surface area contributed by atoms with Crippen LogP contribution in [0.15, 0.2) is 12.1 Å². The lowest BCUT2D eigenvalue weighted by atomic mass is 10.0. The molecule has 0 saturated heterocycles. The molecular weight excluding hydrogens is 258 g/mol. The summed E-state index contributed by atoms with van der Waals surface area (Å²) in [5, 5.41) is -0.347. The molecule has 0 heterocycles. The van der Waals surface area contributed by atoms with Crippen LogP contribution in [0.1, 0.15) is 16.7 Å². The molecule has 16 heavy (non-hydrogen) atoms. The zero-order chi connectivity index (χ0) is 12.7. The second-order valence-electron chi connectivity index (χ2n) is 3.14. The molecule has 0 unspecified atom stereocenters. The Kier molecular flexibility index (Phi) is 3.15. The molecule has 0 aromatic heterocycles. The van der Waals surface area contributed by atoms with Crippen molar-refractivity contribution in [2.75, 3.05) is 0 Å². The Morgan fingerprint density at radius 3 is 1.62 bits per heavy atom. The minimum Gasteiger partial charge on any atom is -0.166 e. The quantitative estimate of drug-likeness (QED) is 0.595. The Labute approximate surface area is 91.8 Å². The smallest absolute Gasteiger partial charge is 0.166 e. The molecule has 0 nitrogen and oxygen atoms in total. The van der Waals surface area contributed by atoms with Gasteiger partial charge in [0.2, 0.25) is 0 Å². The van der Waals surface area contributed by atoms with Crippen LogP contribution in [-0.2, 0) is 12.4 Å². The van der Waals surface area contributed by atoms with Crippen LogP contribution < -0.4 is 0 Å². The van der Waals surface area contributed by atoms with Crippen LogP contribution in [0.5, 0.6) is 0 Å². The standard InChI is InChI=1S/C9H5ClF6/c1-4-2-5(8(11,12)13)6(3-7(4)10)9(14,15)16/h2-3H,1H3. The number of hydrogen-bond donors (Lipinski definition) is 0. The Bertz CT molecular complexity index is 365. The summed E-state index contributed by atoms with van der Waals surface area (Å²) in [6.07, 6.45) is -10.1. The van der Waals surface area contributed by atoms with Crippen LogP contribution in [-0.4, -0.2) is 0 Å². The molecule has 0 aliphatic rings. The van der Waals surface area contributed by atoms with Gasteiger partial charge in [-0.15, -0.1) is 0 Å². The van der Waals surface area contributed by atoms with Crippen LogP contribution in [0.2, 0.25) is 5.02 Å². The van der Waals surface area contributed by atoms with Crippen LogP contribution in [0, 0.1) is 6.92 Å². The monoisotopic (exact) mass is 262 g/mol. The molecule has 0 radical (unpaired) electrons.